The van der Waals surface area contributed by atoms with Gasteiger partial charge in [0.2, 0.25) is 5.82 Å². The molecule has 1 heterocycles. The van der Waals surface area contributed by atoms with Gasteiger partial charge in [-0.05, 0) is 24.1 Å². The number of nitriles is 1. The van der Waals surface area contributed by atoms with Gasteiger partial charge in [0.1, 0.15) is 11.8 Å². The monoisotopic (exact) mass is 309 g/mol. The van der Waals surface area contributed by atoms with Gasteiger partial charge in [0.05, 0.1) is 18.0 Å². The van der Waals surface area contributed by atoms with Gasteiger partial charge in [-0.2, -0.15) is 18.4 Å². The van der Waals surface area contributed by atoms with E-state index in [1.807, 2.05) is 6.07 Å². The lowest BCUT2D eigenvalue weighted by atomic mass is 10.1. The summed E-state index contributed by atoms with van der Waals surface area (Å²) in [6.07, 6.45) is -2.46. The van der Waals surface area contributed by atoms with E-state index >= 15 is 0 Å². The van der Waals surface area contributed by atoms with Gasteiger partial charge in [0.25, 0.3) is 0 Å². The molecule has 5 nitrogen and oxygen atoms in total. The Hall–Kier alpha value is -2.66. The molecule has 0 atom stereocenters. The summed E-state index contributed by atoms with van der Waals surface area (Å²) in [6, 6.07) is 6.61. The lowest BCUT2D eigenvalue weighted by Gasteiger charge is -2.09. The first kappa shape index (κ1) is 15.7. The topological polar surface area (TPSA) is 79.0 Å². The standard InChI is InChI=1S/C14H10F3N3O2/c15-14(16,17)13-19-7-11(8-20-13)22-12-2-1-9(3-4-21)5-10(12)6-18/h1-2,5,7-8,21H,3-4H2. The molecule has 1 aromatic carbocycles. The average molecular weight is 309 g/mol. The number of ether oxygens (including phenoxy) is 1. The molecule has 0 aliphatic rings. The summed E-state index contributed by atoms with van der Waals surface area (Å²) in [5.41, 5.74) is 0.945. The lowest BCUT2D eigenvalue weighted by molar-refractivity contribution is -0.145. The van der Waals surface area contributed by atoms with Crippen LogP contribution in [-0.2, 0) is 12.6 Å². The molecule has 0 spiro atoms. The molecule has 1 aromatic heterocycles. The first-order valence-electron chi connectivity index (χ1n) is 6.15. The van der Waals surface area contributed by atoms with Crippen LogP contribution in [0.4, 0.5) is 13.2 Å². The van der Waals surface area contributed by atoms with E-state index in [1.54, 1.807) is 6.07 Å². The molecule has 0 saturated carbocycles. The molecule has 0 aliphatic carbocycles. The number of alkyl halides is 3. The second-order valence-corrected chi connectivity index (χ2v) is 4.26. The third-order valence-electron chi connectivity index (χ3n) is 2.67. The molecule has 8 heteroatoms. The Bertz CT molecular complexity index is 694. The summed E-state index contributed by atoms with van der Waals surface area (Å²) in [5.74, 6) is -1.11. The summed E-state index contributed by atoms with van der Waals surface area (Å²) in [6.45, 7) is -0.0577. The fourth-order valence-corrected chi connectivity index (χ4v) is 1.68. The minimum absolute atomic E-state index is 0.0144. The maximum atomic E-state index is 12.4. The largest absolute Gasteiger partial charge is 0.453 e. The maximum absolute atomic E-state index is 12.4. The van der Waals surface area contributed by atoms with Crippen LogP contribution in [0.15, 0.2) is 30.6 Å². The lowest BCUT2D eigenvalue weighted by Crippen LogP contribution is -2.10. The van der Waals surface area contributed by atoms with Crippen LogP contribution >= 0.6 is 0 Å². The molecule has 2 aromatic rings. The van der Waals surface area contributed by atoms with Gasteiger partial charge in [-0.15, -0.1) is 0 Å². The molecule has 0 radical (unpaired) electrons. The predicted molar refractivity (Wildman–Crippen MR) is 69.1 cm³/mol. The fraction of sp³-hybridized carbons (Fsp3) is 0.214. The van der Waals surface area contributed by atoms with Crippen molar-refractivity contribution < 1.29 is 23.0 Å². The third kappa shape index (κ3) is 3.71. The van der Waals surface area contributed by atoms with Crippen molar-refractivity contribution in [1.82, 2.24) is 9.97 Å². The van der Waals surface area contributed by atoms with Crippen molar-refractivity contribution in [3.63, 3.8) is 0 Å². The van der Waals surface area contributed by atoms with Crippen LogP contribution in [0, 0.1) is 11.3 Å². The van der Waals surface area contributed by atoms with E-state index in [1.165, 1.54) is 12.1 Å². The van der Waals surface area contributed by atoms with Gasteiger partial charge in [-0.25, -0.2) is 9.97 Å². The minimum Gasteiger partial charge on any atom is -0.453 e. The van der Waals surface area contributed by atoms with Crippen molar-refractivity contribution in [3.8, 4) is 17.6 Å². The first-order chi connectivity index (χ1) is 10.4. The predicted octanol–water partition coefficient (Wildman–Crippen LogP) is 2.69. The number of aromatic nitrogens is 2. The Labute approximate surface area is 123 Å². The molecule has 2 rings (SSSR count). The average Bonchev–Trinajstić information content (AvgIpc) is 2.48. The molecule has 114 valence electrons. The first-order valence-corrected chi connectivity index (χ1v) is 6.15. The number of benzene rings is 1. The SMILES string of the molecule is N#Cc1cc(CCO)ccc1Oc1cnc(C(F)(F)F)nc1. The van der Waals surface area contributed by atoms with Crippen molar-refractivity contribution in [2.24, 2.45) is 0 Å². The van der Waals surface area contributed by atoms with Crippen LogP contribution in [-0.4, -0.2) is 21.7 Å². The van der Waals surface area contributed by atoms with E-state index in [2.05, 4.69) is 9.97 Å². The van der Waals surface area contributed by atoms with E-state index in [-0.39, 0.29) is 23.7 Å². The molecular weight excluding hydrogens is 299 g/mol. The number of rotatable bonds is 4. The highest BCUT2D eigenvalue weighted by Gasteiger charge is 2.34. The smallest absolute Gasteiger partial charge is 0.451 e. The van der Waals surface area contributed by atoms with E-state index in [9.17, 15) is 13.2 Å². The summed E-state index contributed by atoms with van der Waals surface area (Å²) in [7, 11) is 0. The van der Waals surface area contributed by atoms with Crippen LogP contribution < -0.4 is 4.74 Å². The second kappa shape index (κ2) is 6.41. The van der Waals surface area contributed by atoms with Gasteiger partial charge >= 0.3 is 6.18 Å². The zero-order chi connectivity index (χ0) is 16.2. The molecular formula is C14H10F3N3O2. The molecule has 0 bridgehead atoms. The van der Waals surface area contributed by atoms with E-state index in [0.29, 0.717) is 6.42 Å². The summed E-state index contributed by atoms with van der Waals surface area (Å²) < 4.78 is 42.4. The molecule has 0 saturated heterocycles. The van der Waals surface area contributed by atoms with Gasteiger partial charge in [-0.3, -0.25) is 0 Å². The van der Waals surface area contributed by atoms with Crippen LogP contribution in [0.25, 0.3) is 0 Å². The molecule has 0 amide bonds. The number of aliphatic hydroxyl groups excluding tert-OH is 1. The van der Waals surface area contributed by atoms with Crippen LogP contribution in [0.1, 0.15) is 17.0 Å². The number of hydrogen-bond acceptors (Lipinski definition) is 5. The Morgan fingerprint density at radius 3 is 2.45 bits per heavy atom. The van der Waals surface area contributed by atoms with Crippen molar-refractivity contribution >= 4 is 0 Å². The zero-order valence-electron chi connectivity index (χ0n) is 11.1. The fourth-order valence-electron chi connectivity index (χ4n) is 1.68. The maximum Gasteiger partial charge on any atom is 0.451 e. The molecule has 0 fully saturated rings. The normalized spacial score (nSPS) is 11.0. The van der Waals surface area contributed by atoms with Crippen molar-refractivity contribution in [1.29, 1.82) is 5.26 Å². The quantitative estimate of drug-likeness (QED) is 0.939. The second-order valence-electron chi connectivity index (χ2n) is 4.26. The Balaban J connectivity index is 2.22. The molecule has 0 unspecified atom stereocenters. The number of nitrogens with zero attached hydrogens (tertiary/aromatic N) is 3. The summed E-state index contributed by atoms with van der Waals surface area (Å²) in [5, 5.41) is 17.9. The van der Waals surface area contributed by atoms with Crippen LogP contribution in [0.3, 0.4) is 0 Å². The highest BCUT2D eigenvalue weighted by molar-refractivity contribution is 5.47. The highest BCUT2D eigenvalue weighted by Crippen LogP contribution is 2.28. The molecule has 0 aliphatic heterocycles. The van der Waals surface area contributed by atoms with Gasteiger partial charge in [-0.1, -0.05) is 6.07 Å². The van der Waals surface area contributed by atoms with Crippen LogP contribution in [0.2, 0.25) is 0 Å². The van der Waals surface area contributed by atoms with Gasteiger partial charge in [0, 0.05) is 6.61 Å². The Morgan fingerprint density at radius 2 is 1.91 bits per heavy atom. The van der Waals surface area contributed by atoms with Gasteiger partial charge in [0.15, 0.2) is 5.75 Å². The Kier molecular flexibility index (Phi) is 4.58. The number of halogens is 3. The van der Waals surface area contributed by atoms with Crippen molar-refractivity contribution in [3.05, 3.63) is 47.5 Å². The van der Waals surface area contributed by atoms with Crippen molar-refractivity contribution in [2.75, 3.05) is 6.61 Å². The molecule has 1 N–H and O–H groups in total. The Morgan fingerprint density at radius 1 is 1.23 bits per heavy atom. The summed E-state index contributed by atoms with van der Waals surface area (Å²) >= 11 is 0. The summed E-state index contributed by atoms with van der Waals surface area (Å²) in [4.78, 5) is 6.34. The van der Waals surface area contributed by atoms with Crippen molar-refractivity contribution in [2.45, 2.75) is 12.6 Å². The number of hydrogen-bond donors (Lipinski definition) is 1. The van der Waals surface area contributed by atoms with Gasteiger partial charge < -0.3 is 9.84 Å². The zero-order valence-corrected chi connectivity index (χ0v) is 11.1. The van der Waals surface area contributed by atoms with E-state index in [4.69, 9.17) is 15.1 Å². The highest BCUT2D eigenvalue weighted by atomic mass is 19.4. The van der Waals surface area contributed by atoms with E-state index in [0.717, 1.165) is 18.0 Å². The van der Waals surface area contributed by atoms with Crippen LogP contribution in [0.5, 0.6) is 11.5 Å². The minimum atomic E-state index is -4.62. The molecule has 22 heavy (non-hydrogen) atoms. The van der Waals surface area contributed by atoms with E-state index < -0.39 is 12.0 Å². The number of aliphatic hydroxyl groups is 1. The third-order valence-corrected chi connectivity index (χ3v) is 2.67.